The first-order chi connectivity index (χ1) is 9.98. The van der Waals surface area contributed by atoms with Crippen molar-refractivity contribution in [3.05, 3.63) is 28.3 Å². The average Bonchev–Trinajstić information content (AvgIpc) is 2.47. The van der Waals surface area contributed by atoms with Crippen LogP contribution in [0.2, 0.25) is 0 Å². The van der Waals surface area contributed by atoms with Crippen LogP contribution in [0.1, 0.15) is 12.8 Å². The zero-order chi connectivity index (χ0) is 15.5. The van der Waals surface area contributed by atoms with Gasteiger partial charge < -0.3 is 19.9 Å². The number of carboxylic acids is 1. The Hall–Kier alpha value is -2.35. The highest BCUT2D eigenvalue weighted by molar-refractivity contribution is 5.83. The Morgan fingerprint density at radius 3 is 2.67 bits per heavy atom. The Labute approximate surface area is 120 Å². The first-order valence-electron chi connectivity index (χ1n) is 6.40. The van der Waals surface area contributed by atoms with Crippen molar-refractivity contribution in [2.75, 3.05) is 25.6 Å². The molecule has 2 rings (SSSR count). The van der Waals surface area contributed by atoms with Crippen molar-refractivity contribution >= 4 is 17.3 Å². The zero-order valence-corrected chi connectivity index (χ0v) is 11.5. The van der Waals surface area contributed by atoms with Gasteiger partial charge in [0.1, 0.15) is 5.54 Å². The molecule has 0 aliphatic carbocycles. The lowest BCUT2D eigenvalue weighted by molar-refractivity contribution is -0.385. The number of hydrogen-bond acceptors (Lipinski definition) is 6. The number of ether oxygens (including phenoxy) is 2. The molecule has 8 nitrogen and oxygen atoms in total. The molecule has 0 aromatic heterocycles. The van der Waals surface area contributed by atoms with Gasteiger partial charge in [-0.2, -0.15) is 0 Å². The van der Waals surface area contributed by atoms with Gasteiger partial charge in [0.05, 0.1) is 12.0 Å². The van der Waals surface area contributed by atoms with Gasteiger partial charge in [-0.25, -0.2) is 4.79 Å². The lowest BCUT2D eigenvalue weighted by Crippen LogP contribution is -2.50. The fraction of sp³-hybridized carbons (Fsp3) is 0.462. The second-order valence-electron chi connectivity index (χ2n) is 4.77. The molecule has 0 unspecified atom stereocenters. The van der Waals surface area contributed by atoms with Crippen LogP contribution in [-0.2, 0) is 9.53 Å². The Morgan fingerprint density at radius 2 is 2.14 bits per heavy atom. The Morgan fingerprint density at radius 1 is 1.48 bits per heavy atom. The highest BCUT2D eigenvalue weighted by Crippen LogP contribution is 2.33. The summed E-state index contributed by atoms with van der Waals surface area (Å²) in [5, 5.41) is 23.3. The van der Waals surface area contributed by atoms with Gasteiger partial charge in [0.25, 0.3) is 0 Å². The van der Waals surface area contributed by atoms with E-state index in [9.17, 15) is 20.0 Å². The SMILES string of the molecule is COc1cc(NC2(C(=O)O)CCOCC2)ccc1[N+](=O)[O-]. The third kappa shape index (κ3) is 3.05. The summed E-state index contributed by atoms with van der Waals surface area (Å²) in [7, 11) is 1.33. The van der Waals surface area contributed by atoms with E-state index in [0.29, 0.717) is 31.7 Å². The molecule has 1 aliphatic heterocycles. The maximum atomic E-state index is 11.6. The molecule has 1 aliphatic rings. The molecule has 8 heteroatoms. The van der Waals surface area contributed by atoms with Crippen LogP contribution in [0.5, 0.6) is 5.75 Å². The molecular formula is C13H16N2O6. The summed E-state index contributed by atoms with van der Waals surface area (Å²) in [5.74, 6) is -0.888. The summed E-state index contributed by atoms with van der Waals surface area (Å²) in [4.78, 5) is 21.8. The molecule has 0 saturated carbocycles. The highest BCUT2D eigenvalue weighted by Gasteiger charge is 2.40. The molecule has 1 aromatic carbocycles. The monoisotopic (exact) mass is 296 g/mol. The maximum Gasteiger partial charge on any atom is 0.329 e. The largest absolute Gasteiger partial charge is 0.490 e. The minimum absolute atomic E-state index is 0.0811. The van der Waals surface area contributed by atoms with Gasteiger partial charge in [-0.1, -0.05) is 0 Å². The number of methoxy groups -OCH3 is 1. The van der Waals surface area contributed by atoms with Crippen LogP contribution in [-0.4, -0.2) is 41.9 Å². The molecule has 0 radical (unpaired) electrons. The molecule has 21 heavy (non-hydrogen) atoms. The van der Waals surface area contributed by atoms with E-state index in [1.165, 1.54) is 25.3 Å². The van der Waals surface area contributed by atoms with E-state index in [0.717, 1.165) is 0 Å². The second kappa shape index (κ2) is 5.96. The van der Waals surface area contributed by atoms with Gasteiger partial charge >= 0.3 is 11.7 Å². The number of benzene rings is 1. The average molecular weight is 296 g/mol. The Kier molecular flexibility index (Phi) is 4.27. The number of anilines is 1. The van der Waals surface area contributed by atoms with Crippen LogP contribution in [0.3, 0.4) is 0 Å². The van der Waals surface area contributed by atoms with Crippen molar-refractivity contribution in [2.24, 2.45) is 0 Å². The van der Waals surface area contributed by atoms with E-state index >= 15 is 0 Å². The van der Waals surface area contributed by atoms with Gasteiger partial charge in [-0.15, -0.1) is 0 Å². The lowest BCUT2D eigenvalue weighted by Gasteiger charge is -2.34. The first-order valence-corrected chi connectivity index (χ1v) is 6.40. The summed E-state index contributed by atoms with van der Waals surface area (Å²) >= 11 is 0. The van der Waals surface area contributed by atoms with Gasteiger partial charge in [0, 0.05) is 43.9 Å². The van der Waals surface area contributed by atoms with E-state index in [4.69, 9.17) is 9.47 Å². The fourth-order valence-electron chi connectivity index (χ4n) is 2.29. The number of carboxylic acid groups (broad SMARTS) is 1. The van der Waals surface area contributed by atoms with Crippen molar-refractivity contribution in [2.45, 2.75) is 18.4 Å². The number of nitro groups is 1. The minimum atomic E-state index is -1.13. The normalized spacial score (nSPS) is 17.0. The van der Waals surface area contributed by atoms with E-state index in [2.05, 4.69) is 5.32 Å². The predicted octanol–water partition coefficient (Wildman–Crippen LogP) is 1.65. The zero-order valence-electron chi connectivity index (χ0n) is 11.5. The molecule has 1 heterocycles. The topological polar surface area (TPSA) is 111 Å². The maximum absolute atomic E-state index is 11.6. The second-order valence-corrected chi connectivity index (χ2v) is 4.77. The summed E-state index contributed by atoms with van der Waals surface area (Å²) in [6.45, 7) is 0.701. The lowest BCUT2D eigenvalue weighted by atomic mass is 9.89. The summed E-state index contributed by atoms with van der Waals surface area (Å²) in [6.07, 6.45) is 0.642. The van der Waals surface area contributed by atoms with Crippen molar-refractivity contribution in [1.82, 2.24) is 0 Å². The fourth-order valence-corrected chi connectivity index (χ4v) is 2.29. The van der Waals surface area contributed by atoms with Gasteiger partial charge in [-0.05, 0) is 6.07 Å². The molecule has 114 valence electrons. The molecule has 1 aromatic rings. The van der Waals surface area contributed by atoms with Crippen LogP contribution in [0, 0.1) is 10.1 Å². The van der Waals surface area contributed by atoms with Crippen LogP contribution in [0.15, 0.2) is 18.2 Å². The Balaban J connectivity index is 2.29. The molecular weight excluding hydrogens is 280 g/mol. The van der Waals surface area contributed by atoms with Crippen LogP contribution < -0.4 is 10.1 Å². The molecule has 0 atom stereocenters. The van der Waals surface area contributed by atoms with Crippen molar-refractivity contribution in [3.8, 4) is 5.75 Å². The van der Waals surface area contributed by atoms with Crippen LogP contribution >= 0.6 is 0 Å². The number of aliphatic carboxylic acids is 1. The summed E-state index contributed by atoms with van der Waals surface area (Å²) in [5.41, 5.74) is -0.833. The van der Waals surface area contributed by atoms with E-state index in [1.54, 1.807) is 0 Å². The third-order valence-electron chi connectivity index (χ3n) is 3.52. The molecule has 1 saturated heterocycles. The standard InChI is InChI=1S/C13H16N2O6/c1-20-11-8-9(2-3-10(11)15(18)19)14-13(12(16)17)4-6-21-7-5-13/h2-3,8,14H,4-7H2,1H3,(H,16,17). The molecule has 0 bridgehead atoms. The van der Waals surface area contributed by atoms with Crippen molar-refractivity contribution in [1.29, 1.82) is 0 Å². The molecule has 2 N–H and O–H groups in total. The quantitative estimate of drug-likeness (QED) is 0.627. The smallest absolute Gasteiger partial charge is 0.329 e. The van der Waals surface area contributed by atoms with E-state index < -0.39 is 16.4 Å². The number of nitrogens with zero attached hydrogens (tertiary/aromatic N) is 1. The number of nitrogens with one attached hydrogen (secondary N) is 1. The number of carbonyl (C=O) groups is 1. The van der Waals surface area contributed by atoms with Crippen LogP contribution in [0.25, 0.3) is 0 Å². The highest BCUT2D eigenvalue weighted by atomic mass is 16.6. The molecule has 0 amide bonds. The third-order valence-corrected chi connectivity index (χ3v) is 3.52. The predicted molar refractivity (Wildman–Crippen MR) is 73.7 cm³/mol. The van der Waals surface area contributed by atoms with Crippen molar-refractivity contribution in [3.63, 3.8) is 0 Å². The first kappa shape index (κ1) is 15.0. The van der Waals surface area contributed by atoms with Gasteiger partial charge in [0.2, 0.25) is 0 Å². The summed E-state index contributed by atoms with van der Waals surface area (Å²) in [6, 6.07) is 4.19. The van der Waals surface area contributed by atoms with Gasteiger partial charge in [0.15, 0.2) is 5.75 Å². The number of rotatable bonds is 5. The van der Waals surface area contributed by atoms with E-state index in [-0.39, 0.29) is 11.4 Å². The number of nitro benzene ring substituents is 1. The Bertz CT molecular complexity index is 554. The van der Waals surface area contributed by atoms with Crippen molar-refractivity contribution < 1.29 is 24.3 Å². The molecule has 0 spiro atoms. The van der Waals surface area contributed by atoms with Crippen LogP contribution in [0.4, 0.5) is 11.4 Å². The van der Waals surface area contributed by atoms with Gasteiger partial charge in [-0.3, -0.25) is 10.1 Å². The van der Waals surface area contributed by atoms with E-state index in [1.807, 2.05) is 0 Å². The minimum Gasteiger partial charge on any atom is -0.490 e. The molecule has 1 fully saturated rings. The summed E-state index contributed by atoms with van der Waals surface area (Å²) < 4.78 is 10.2. The number of hydrogen-bond donors (Lipinski definition) is 2.